The van der Waals surface area contributed by atoms with Gasteiger partial charge in [0.15, 0.2) is 11.5 Å². The van der Waals surface area contributed by atoms with Gasteiger partial charge in [-0.05, 0) is 24.6 Å². The normalized spacial score (nSPS) is 20.3. The Morgan fingerprint density at radius 1 is 1.32 bits per heavy atom. The summed E-state index contributed by atoms with van der Waals surface area (Å²) in [5.74, 6) is 1.54. The first kappa shape index (κ1) is 14.6. The quantitative estimate of drug-likeness (QED) is 0.919. The number of methoxy groups -OCH3 is 2. The fourth-order valence-corrected chi connectivity index (χ4v) is 2.86. The molecule has 1 aliphatic heterocycles. The van der Waals surface area contributed by atoms with Gasteiger partial charge in [-0.15, -0.1) is 0 Å². The van der Waals surface area contributed by atoms with Crippen LogP contribution in [0.3, 0.4) is 0 Å². The Morgan fingerprint density at radius 2 is 2.00 bits per heavy atom. The SMILES string of the molecule is COc1cc(Br)c(CN2CCNC(C)C2)cc1OC. The number of benzene rings is 1. The molecule has 1 saturated heterocycles. The molecular formula is C14H21BrN2O2. The topological polar surface area (TPSA) is 33.7 Å². The largest absolute Gasteiger partial charge is 0.493 e. The Hall–Kier alpha value is -0.780. The van der Waals surface area contributed by atoms with Crippen LogP contribution in [0.5, 0.6) is 11.5 Å². The van der Waals surface area contributed by atoms with Crippen LogP contribution in [0.2, 0.25) is 0 Å². The Labute approximate surface area is 123 Å². The van der Waals surface area contributed by atoms with Crippen LogP contribution in [-0.4, -0.2) is 44.8 Å². The summed E-state index contributed by atoms with van der Waals surface area (Å²) in [6, 6.07) is 4.57. The summed E-state index contributed by atoms with van der Waals surface area (Å²) in [5, 5.41) is 3.46. The first-order valence-electron chi connectivity index (χ1n) is 6.50. The highest BCUT2D eigenvalue weighted by atomic mass is 79.9. The van der Waals surface area contributed by atoms with Crippen molar-refractivity contribution in [3.05, 3.63) is 22.2 Å². The van der Waals surface area contributed by atoms with Crippen molar-refractivity contribution in [1.29, 1.82) is 0 Å². The number of nitrogens with zero attached hydrogens (tertiary/aromatic N) is 1. The molecule has 0 amide bonds. The van der Waals surface area contributed by atoms with E-state index in [1.807, 2.05) is 6.07 Å². The molecule has 106 valence electrons. The second-order valence-corrected chi connectivity index (χ2v) is 5.74. The van der Waals surface area contributed by atoms with Crippen molar-refractivity contribution in [3.8, 4) is 11.5 Å². The number of rotatable bonds is 4. The van der Waals surface area contributed by atoms with E-state index in [0.29, 0.717) is 6.04 Å². The Balaban J connectivity index is 2.15. The molecule has 1 aromatic carbocycles. The molecule has 0 bridgehead atoms. The second kappa shape index (κ2) is 6.59. The highest BCUT2D eigenvalue weighted by molar-refractivity contribution is 9.10. The lowest BCUT2D eigenvalue weighted by Crippen LogP contribution is -2.48. The third kappa shape index (κ3) is 3.61. The maximum Gasteiger partial charge on any atom is 0.161 e. The van der Waals surface area contributed by atoms with Gasteiger partial charge in [0.1, 0.15) is 0 Å². The molecule has 4 nitrogen and oxygen atoms in total. The molecular weight excluding hydrogens is 308 g/mol. The highest BCUT2D eigenvalue weighted by Gasteiger charge is 2.18. The number of nitrogens with one attached hydrogen (secondary N) is 1. The predicted molar refractivity (Wildman–Crippen MR) is 80.0 cm³/mol. The molecule has 1 fully saturated rings. The molecule has 5 heteroatoms. The van der Waals surface area contributed by atoms with Gasteiger partial charge >= 0.3 is 0 Å². The summed E-state index contributed by atoms with van der Waals surface area (Å²) in [4.78, 5) is 2.45. The third-order valence-corrected chi connectivity index (χ3v) is 4.14. The number of halogens is 1. The zero-order valence-corrected chi connectivity index (χ0v) is 13.3. The van der Waals surface area contributed by atoms with E-state index < -0.39 is 0 Å². The van der Waals surface area contributed by atoms with Crippen molar-refractivity contribution < 1.29 is 9.47 Å². The van der Waals surface area contributed by atoms with Gasteiger partial charge in [-0.1, -0.05) is 15.9 Å². The fraction of sp³-hybridized carbons (Fsp3) is 0.571. The first-order chi connectivity index (χ1) is 9.13. The van der Waals surface area contributed by atoms with Gasteiger partial charge in [0.25, 0.3) is 0 Å². The summed E-state index contributed by atoms with van der Waals surface area (Å²) in [6.45, 7) is 6.33. The monoisotopic (exact) mass is 328 g/mol. The van der Waals surface area contributed by atoms with Gasteiger partial charge in [0.05, 0.1) is 14.2 Å². The van der Waals surface area contributed by atoms with Gasteiger partial charge in [-0.2, -0.15) is 0 Å². The summed E-state index contributed by atoms with van der Waals surface area (Å²) in [5.41, 5.74) is 1.23. The van der Waals surface area contributed by atoms with Crippen molar-refractivity contribution in [3.63, 3.8) is 0 Å². The standard InChI is InChI=1S/C14H21BrN2O2/c1-10-8-17(5-4-16-10)9-11-6-13(18-2)14(19-3)7-12(11)15/h6-7,10,16H,4-5,8-9H2,1-3H3. The average Bonchev–Trinajstić information content (AvgIpc) is 2.40. The Bertz CT molecular complexity index is 440. The minimum Gasteiger partial charge on any atom is -0.493 e. The van der Waals surface area contributed by atoms with Crippen LogP contribution in [0.25, 0.3) is 0 Å². The van der Waals surface area contributed by atoms with E-state index in [-0.39, 0.29) is 0 Å². The molecule has 1 atom stereocenters. The summed E-state index contributed by atoms with van der Waals surface area (Å²) >= 11 is 3.62. The van der Waals surface area contributed by atoms with Gasteiger partial charge in [-0.25, -0.2) is 0 Å². The highest BCUT2D eigenvalue weighted by Crippen LogP contribution is 2.33. The van der Waals surface area contributed by atoms with E-state index in [1.54, 1.807) is 14.2 Å². The molecule has 1 unspecified atom stereocenters. The van der Waals surface area contributed by atoms with Crippen molar-refractivity contribution in [1.82, 2.24) is 10.2 Å². The molecule has 0 aliphatic carbocycles. The molecule has 0 spiro atoms. The minimum atomic E-state index is 0.549. The van der Waals surface area contributed by atoms with E-state index in [2.05, 4.69) is 39.1 Å². The zero-order valence-electron chi connectivity index (χ0n) is 11.7. The summed E-state index contributed by atoms with van der Waals surface area (Å²) in [6.07, 6.45) is 0. The predicted octanol–water partition coefficient (Wildman–Crippen LogP) is 2.26. The van der Waals surface area contributed by atoms with Crippen LogP contribution in [0.1, 0.15) is 12.5 Å². The maximum atomic E-state index is 5.37. The molecule has 1 N–H and O–H groups in total. The van der Waals surface area contributed by atoms with E-state index in [1.165, 1.54) is 5.56 Å². The zero-order chi connectivity index (χ0) is 13.8. The Kier molecular flexibility index (Phi) is 5.07. The summed E-state index contributed by atoms with van der Waals surface area (Å²) in [7, 11) is 3.32. The molecule has 19 heavy (non-hydrogen) atoms. The molecule has 1 heterocycles. The third-order valence-electron chi connectivity index (χ3n) is 3.40. The van der Waals surface area contributed by atoms with Crippen molar-refractivity contribution in [2.24, 2.45) is 0 Å². The van der Waals surface area contributed by atoms with Gasteiger partial charge in [-0.3, -0.25) is 4.90 Å². The molecule has 0 aromatic heterocycles. The minimum absolute atomic E-state index is 0.549. The van der Waals surface area contributed by atoms with Gasteiger partial charge in [0, 0.05) is 36.7 Å². The second-order valence-electron chi connectivity index (χ2n) is 4.89. The first-order valence-corrected chi connectivity index (χ1v) is 7.29. The molecule has 1 aromatic rings. The lowest BCUT2D eigenvalue weighted by molar-refractivity contribution is 0.199. The molecule has 2 rings (SSSR count). The van der Waals surface area contributed by atoms with Crippen LogP contribution in [-0.2, 0) is 6.54 Å². The summed E-state index contributed by atoms with van der Waals surface area (Å²) < 4.78 is 11.7. The van der Waals surface area contributed by atoms with Crippen LogP contribution < -0.4 is 14.8 Å². The van der Waals surface area contributed by atoms with Crippen LogP contribution >= 0.6 is 15.9 Å². The van der Waals surface area contributed by atoms with Gasteiger partial charge < -0.3 is 14.8 Å². The van der Waals surface area contributed by atoms with Crippen molar-refractivity contribution >= 4 is 15.9 Å². The maximum absolute atomic E-state index is 5.37. The smallest absolute Gasteiger partial charge is 0.161 e. The van der Waals surface area contributed by atoms with Crippen LogP contribution in [0.15, 0.2) is 16.6 Å². The number of hydrogen-bond donors (Lipinski definition) is 1. The average molecular weight is 329 g/mol. The molecule has 1 aliphatic rings. The van der Waals surface area contributed by atoms with E-state index in [9.17, 15) is 0 Å². The lowest BCUT2D eigenvalue weighted by atomic mass is 10.1. The number of hydrogen-bond acceptors (Lipinski definition) is 4. The fourth-order valence-electron chi connectivity index (χ4n) is 2.41. The van der Waals surface area contributed by atoms with Crippen LogP contribution in [0, 0.1) is 0 Å². The van der Waals surface area contributed by atoms with Gasteiger partial charge in [0.2, 0.25) is 0 Å². The van der Waals surface area contributed by atoms with Crippen molar-refractivity contribution in [2.75, 3.05) is 33.9 Å². The number of ether oxygens (including phenoxy) is 2. The number of piperazine rings is 1. The van der Waals surface area contributed by atoms with Crippen molar-refractivity contribution in [2.45, 2.75) is 19.5 Å². The van der Waals surface area contributed by atoms with E-state index in [4.69, 9.17) is 9.47 Å². The molecule has 0 saturated carbocycles. The Morgan fingerprint density at radius 3 is 2.63 bits per heavy atom. The molecule has 0 radical (unpaired) electrons. The lowest BCUT2D eigenvalue weighted by Gasteiger charge is -2.32. The van der Waals surface area contributed by atoms with E-state index in [0.717, 1.165) is 42.2 Å². The van der Waals surface area contributed by atoms with E-state index >= 15 is 0 Å². The van der Waals surface area contributed by atoms with Crippen LogP contribution in [0.4, 0.5) is 0 Å².